The molecule has 0 radical (unpaired) electrons. The molecule has 0 bridgehead atoms. The van der Waals surface area contributed by atoms with Gasteiger partial charge in [-0.15, -0.1) is 0 Å². The zero-order valence-electron chi connectivity index (χ0n) is 17.3. The number of benzene rings is 1. The third-order valence-corrected chi connectivity index (χ3v) is 6.24. The van der Waals surface area contributed by atoms with Gasteiger partial charge in [0.05, 0.1) is 18.8 Å². The SMILES string of the molecule is O=C(O)CCC/C=C\C[C@@H]1[C@@H](N2CCCCC2)[C@H](O)C[C@@H]1OCc1ccccc1. The number of aliphatic carboxylic acids is 1. The van der Waals surface area contributed by atoms with Gasteiger partial charge < -0.3 is 14.9 Å². The summed E-state index contributed by atoms with van der Waals surface area (Å²) in [5.74, 6) is -0.473. The van der Waals surface area contributed by atoms with Crippen molar-refractivity contribution in [1.29, 1.82) is 0 Å². The van der Waals surface area contributed by atoms with Crippen LogP contribution in [0.2, 0.25) is 0 Å². The summed E-state index contributed by atoms with van der Waals surface area (Å²) in [7, 11) is 0. The monoisotopic (exact) mass is 401 g/mol. The number of hydrogen-bond donors (Lipinski definition) is 2. The molecule has 1 aromatic rings. The van der Waals surface area contributed by atoms with Gasteiger partial charge in [0.25, 0.3) is 0 Å². The van der Waals surface area contributed by atoms with E-state index >= 15 is 0 Å². The Labute approximate surface area is 174 Å². The van der Waals surface area contributed by atoms with Crippen LogP contribution in [0.3, 0.4) is 0 Å². The van der Waals surface area contributed by atoms with Crippen molar-refractivity contribution in [2.75, 3.05) is 13.1 Å². The number of allylic oxidation sites excluding steroid dienone is 2. The number of carboxylic acids is 1. The van der Waals surface area contributed by atoms with Crippen molar-refractivity contribution in [3.63, 3.8) is 0 Å². The van der Waals surface area contributed by atoms with Gasteiger partial charge in [0.15, 0.2) is 0 Å². The van der Waals surface area contributed by atoms with E-state index in [9.17, 15) is 9.90 Å². The van der Waals surface area contributed by atoms with Gasteiger partial charge in [0.2, 0.25) is 0 Å². The lowest BCUT2D eigenvalue weighted by atomic mass is 9.93. The Balaban J connectivity index is 1.61. The summed E-state index contributed by atoms with van der Waals surface area (Å²) >= 11 is 0. The molecule has 2 N–H and O–H groups in total. The van der Waals surface area contributed by atoms with Gasteiger partial charge in [-0.05, 0) is 50.8 Å². The number of carboxylic acid groups (broad SMARTS) is 1. The molecule has 5 nitrogen and oxygen atoms in total. The Morgan fingerprint density at radius 1 is 1.14 bits per heavy atom. The molecule has 1 aliphatic carbocycles. The van der Waals surface area contributed by atoms with E-state index in [1.807, 2.05) is 18.2 Å². The van der Waals surface area contributed by atoms with Gasteiger partial charge in [0, 0.05) is 24.8 Å². The number of likely N-dealkylation sites (tertiary alicyclic amines) is 1. The van der Waals surface area contributed by atoms with Crippen LogP contribution in [0.4, 0.5) is 0 Å². The van der Waals surface area contributed by atoms with Crippen molar-refractivity contribution in [3.8, 4) is 0 Å². The van der Waals surface area contributed by atoms with Crippen LogP contribution in [-0.4, -0.2) is 52.4 Å². The molecule has 1 aliphatic heterocycles. The number of hydrogen-bond acceptors (Lipinski definition) is 4. The summed E-state index contributed by atoms with van der Waals surface area (Å²) < 4.78 is 6.30. The maximum Gasteiger partial charge on any atom is 0.303 e. The molecule has 160 valence electrons. The van der Waals surface area contributed by atoms with Crippen molar-refractivity contribution >= 4 is 5.97 Å². The number of aliphatic hydroxyl groups is 1. The number of unbranched alkanes of at least 4 members (excludes halogenated alkanes) is 1. The molecule has 1 heterocycles. The minimum atomic E-state index is -0.739. The predicted octanol–water partition coefficient (Wildman–Crippen LogP) is 4.01. The van der Waals surface area contributed by atoms with E-state index in [1.54, 1.807) is 0 Å². The van der Waals surface area contributed by atoms with E-state index in [0.29, 0.717) is 19.4 Å². The first-order valence-electron chi connectivity index (χ1n) is 11.1. The van der Waals surface area contributed by atoms with Crippen LogP contribution < -0.4 is 0 Å². The molecule has 1 saturated carbocycles. The van der Waals surface area contributed by atoms with E-state index < -0.39 is 5.97 Å². The molecule has 0 unspecified atom stereocenters. The number of carbonyl (C=O) groups is 1. The highest BCUT2D eigenvalue weighted by atomic mass is 16.5. The summed E-state index contributed by atoms with van der Waals surface area (Å²) in [6.45, 7) is 2.70. The van der Waals surface area contributed by atoms with Crippen LogP contribution in [0.5, 0.6) is 0 Å². The summed E-state index contributed by atoms with van der Waals surface area (Å²) in [5, 5.41) is 19.6. The zero-order chi connectivity index (χ0) is 20.5. The van der Waals surface area contributed by atoms with Gasteiger partial charge in [-0.25, -0.2) is 0 Å². The second-order valence-corrected chi connectivity index (χ2v) is 8.38. The minimum absolute atomic E-state index is 0.0424. The third kappa shape index (κ3) is 6.66. The first-order valence-corrected chi connectivity index (χ1v) is 11.1. The van der Waals surface area contributed by atoms with Gasteiger partial charge in [-0.1, -0.05) is 48.9 Å². The van der Waals surface area contributed by atoms with E-state index in [4.69, 9.17) is 9.84 Å². The molecule has 29 heavy (non-hydrogen) atoms. The molecule has 1 aromatic carbocycles. The maximum absolute atomic E-state index is 10.9. The van der Waals surface area contributed by atoms with Crippen LogP contribution in [0.1, 0.15) is 56.9 Å². The van der Waals surface area contributed by atoms with E-state index in [-0.39, 0.29) is 30.6 Å². The van der Waals surface area contributed by atoms with Crippen LogP contribution in [0, 0.1) is 5.92 Å². The molecule has 2 aliphatic rings. The summed E-state index contributed by atoms with van der Waals surface area (Å²) in [5.41, 5.74) is 1.16. The second-order valence-electron chi connectivity index (χ2n) is 8.38. The molecule has 3 rings (SSSR count). The Morgan fingerprint density at radius 3 is 2.62 bits per heavy atom. The molecule has 1 saturated heterocycles. The van der Waals surface area contributed by atoms with Crippen molar-refractivity contribution in [3.05, 3.63) is 48.0 Å². The van der Waals surface area contributed by atoms with Crippen LogP contribution in [-0.2, 0) is 16.1 Å². The fourth-order valence-corrected chi connectivity index (χ4v) is 4.79. The molecule has 5 heteroatoms. The Hall–Kier alpha value is -1.69. The smallest absolute Gasteiger partial charge is 0.303 e. The van der Waals surface area contributed by atoms with E-state index in [2.05, 4.69) is 29.2 Å². The third-order valence-electron chi connectivity index (χ3n) is 6.24. The van der Waals surface area contributed by atoms with Crippen molar-refractivity contribution in [2.24, 2.45) is 5.92 Å². The lowest BCUT2D eigenvalue weighted by Gasteiger charge is -2.37. The highest BCUT2D eigenvalue weighted by molar-refractivity contribution is 5.66. The number of piperidine rings is 1. The predicted molar refractivity (Wildman–Crippen MR) is 114 cm³/mol. The fraction of sp³-hybridized carbons (Fsp3) is 0.625. The van der Waals surface area contributed by atoms with Gasteiger partial charge >= 0.3 is 5.97 Å². The number of rotatable bonds is 10. The topological polar surface area (TPSA) is 70.0 Å². The fourth-order valence-electron chi connectivity index (χ4n) is 4.79. The quantitative estimate of drug-likeness (QED) is 0.458. The summed E-state index contributed by atoms with van der Waals surface area (Å²) in [4.78, 5) is 13.1. The van der Waals surface area contributed by atoms with Crippen molar-refractivity contribution in [2.45, 2.75) is 76.2 Å². The molecule has 0 spiro atoms. The number of ether oxygens (including phenoxy) is 1. The largest absolute Gasteiger partial charge is 0.481 e. The van der Waals surface area contributed by atoms with Gasteiger partial charge in [-0.2, -0.15) is 0 Å². The van der Waals surface area contributed by atoms with Gasteiger partial charge in [-0.3, -0.25) is 9.69 Å². The van der Waals surface area contributed by atoms with Crippen LogP contribution >= 0.6 is 0 Å². The highest BCUT2D eigenvalue weighted by Crippen LogP contribution is 2.37. The second kappa shape index (κ2) is 11.5. The highest BCUT2D eigenvalue weighted by Gasteiger charge is 2.45. The molecule has 0 aromatic heterocycles. The first kappa shape index (κ1) is 22.0. The average Bonchev–Trinajstić information content (AvgIpc) is 3.05. The Bertz CT molecular complexity index is 642. The van der Waals surface area contributed by atoms with E-state index in [0.717, 1.165) is 31.5 Å². The van der Waals surface area contributed by atoms with Crippen molar-refractivity contribution in [1.82, 2.24) is 4.90 Å². The van der Waals surface area contributed by atoms with Crippen LogP contribution in [0.25, 0.3) is 0 Å². The average molecular weight is 402 g/mol. The first-order chi connectivity index (χ1) is 14.1. The Morgan fingerprint density at radius 2 is 1.90 bits per heavy atom. The molecular formula is C24H35NO4. The summed E-state index contributed by atoms with van der Waals surface area (Å²) in [6, 6.07) is 10.4. The summed E-state index contributed by atoms with van der Waals surface area (Å²) in [6.07, 6.45) is 10.9. The number of aliphatic hydroxyl groups excluding tert-OH is 1. The zero-order valence-corrected chi connectivity index (χ0v) is 17.3. The molecule has 0 amide bonds. The minimum Gasteiger partial charge on any atom is -0.481 e. The lowest BCUT2D eigenvalue weighted by Crippen LogP contribution is -2.47. The molecule has 2 fully saturated rings. The molecule has 4 atom stereocenters. The van der Waals surface area contributed by atoms with Crippen molar-refractivity contribution < 1.29 is 19.7 Å². The van der Waals surface area contributed by atoms with E-state index in [1.165, 1.54) is 19.3 Å². The van der Waals surface area contributed by atoms with Crippen LogP contribution in [0.15, 0.2) is 42.5 Å². The molecular weight excluding hydrogens is 366 g/mol. The maximum atomic E-state index is 10.9. The lowest BCUT2D eigenvalue weighted by molar-refractivity contribution is -0.137. The normalized spacial score (nSPS) is 28.2. The van der Waals surface area contributed by atoms with Gasteiger partial charge in [0.1, 0.15) is 0 Å². The standard InChI is InChI=1S/C24H35NO4/c26-21-17-22(29-18-19-11-5-3-6-12-19)20(13-7-1-2-8-14-23(27)28)24(21)25-15-9-4-10-16-25/h1,3,5-7,11-12,20-22,24,26H,2,4,8-10,13-18H2,(H,27,28)/b7-1-/t20-,21+,22-,24+/m0/s1. The number of nitrogens with zero attached hydrogens (tertiary/aromatic N) is 1. The Kier molecular flexibility index (Phi) is 8.71.